The molecule has 1 saturated heterocycles. The van der Waals surface area contributed by atoms with E-state index in [0.29, 0.717) is 6.04 Å². The molecule has 2 aromatic carbocycles. The Bertz CT molecular complexity index is 579. The summed E-state index contributed by atoms with van der Waals surface area (Å²) in [6, 6.07) is 21.9. The van der Waals surface area contributed by atoms with Crippen LogP contribution in [0.3, 0.4) is 0 Å². The molecule has 3 heteroatoms. The van der Waals surface area contributed by atoms with Crippen LogP contribution in [0, 0.1) is 0 Å². The number of hydrogen-bond acceptors (Lipinski definition) is 3. The molecule has 1 N–H and O–H groups in total. The smallest absolute Gasteiger partial charge is 0.0612 e. The second kappa shape index (κ2) is 8.78. The maximum Gasteiger partial charge on any atom is 0.0612 e. The van der Waals surface area contributed by atoms with Crippen LogP contribution in [-0.2, 0) is 0 Å². The molecule has 2 aromatic rings. The summed E-state index contributed by atoms with van der Waals surface area (Å²) in [6.07, 6.45) is 3.88. The van der Waals surface area contributed by atoms with Crippen molar-refractivity contribution in [3.63, 3.8) is 0 Å². The Morgan fingerprint density at radius 2 is 1.33 bits per heavy atom. The SMILES string of the molecule is OC/C=C\CN1CCN(C(c2ccccc2)c2ccccc2)CC1. The zero-order valence-corrected chi connectivity index (χ0v) is 14.1. The van der Waals surface area contributed by atoms with Crippen LogP contribution in [0.15, 0.2) is 72.8 Å². The van der Waals surface area contributed by atoms with Gasteiger partial charge in [-0.25, -0.2) is 0 Å². The van der Waals surface area contributed by atoms with Gasteiger partial charge in [0, 0.05) is 32.7 Å². The third-order valence-corrected chi connectivity index (χ3v) is 4.64. The summed E-state index contributed by atoms with van der Waals surface area (Å²) >= 11 is 0. The highest BCUT2D eigenvalue weighted by Gasteiger charge is 2.25. The predicted molar refractivity (Wildman–Crippen MR) is 99.0 cm³/mol. The number of hydrogen-bond donors (Lipinski definition) is 1. The molecule has 0 bridgehead atoms. The average Bonchev–Trinajstić information content (AvgIpc) is 2.65. The lowest BCUT2D eigenvalue weighted by Crippen LogP contribution is -2.47. The van der Waals surface area contributed by atoms with Gasteiger partial charge < -0.3 is 5.11 Å². The number of benzene rings is 2. The molecule has 0 radical (unpaired) electrons. The highest BCUT2D eigenvalue weighted by Crippen LogP contribution is 2.29. The molecular formula is C21H26N2O. The maximum absolute atomic E-state index is 8.85. The molecule has 1 fully saturated rings. The minimum Gasteiger partial charge on any atom is -0.392 e. The molecule has 126 valence electrons. The second-order valence-electron chi connectivity index (χ2n) is 6.21. The van der Waals surface area contributed by atoms with Gasteiger partial charge in [0.25, 0.3) is 0 Å². The minimum absolute atomic E-state index is 0.129. The van der Waals surface area contributed by atoms with E-state index >= 15 is 0 Å². The average molecular weight is 322 g/mol. The van der Waals surface area contributed by atoms with E-state index in [1.54, 1.807) is 0 Å². The normalized spacial score (nSPS) is 16.9. The standard InChI is InChI=1S/C21H26N2O/c24-18-8-7-13-22-14-16-23(17-15-22)21(19-9-3-1-4-10-19)20-11-5-2-6-12-20/h1-12,21,24H,13-18H2/b8-7-. The molecule has 24 heavy (non-hydrogen) atoms. The summed E-state index contributed by atoms with van der Waals surface area (Å²) in [4.78, 5) is 5.02. The van der Waals surface area contributed by atoms with Gasteiger partial charge in [0.1, 0.15) is 0 Å². The van der Waals surface area contributed by atoms with E-state index in [0.717, 1.165) is 32.7 Å². The summed E-state index contributed by atoms with van der Waals surface area (Å²) in [5.74, 6) is 0. The van der Waals surface area contributed by atoms with E-state index in [4.69, 9.17) is 5.11 Å². The van der Waals surface area contributed by atoms with Gasteiger partial charge in [-0.05, 0) is 11.1 Å². The molecule has 0 aliphatic carbocycles. The Morgan fingerprint density at radius 1 is 0.792 bits per heavy atom. The third kappa shape index (κ3) is 4.32. The molecule has 0 atom stereocenters. The van der Waals surface area contributed by atoms with Crippen molar-refractivity contribution in [3.8, 4) is 0 Å². The summed E-state index contributed by atoms with van der Waals surface area (Å²) in [7, 11) is 0. The van der Waals surface area contributed by atoms with Gasteiger partial charge >= 0.3 is 0 Å². The lowest BCUT2D eigenvalue weighted by molar-refractivity contribution is 0.117. The molecule has 1 aliphatic rings. The molecular weight excluding hydrogens is 296 g/mol. The van der Waals surface area contributed by atoms with Crippen molar-refractivity contribution in [2.24, 2.45) is 0 Å². The summed E-state index contributed by atoms with van der Waals surface area (Å²) < 4.78 is 0. The number of aliphatic hydroxyl groups excluding tert-OH is 1. The fourth-order valence-electron chi connectivity index (χ4n) is 3.39. The number of piperazine rings is 1. The van der Waals surface area contributed by atoms with E-state index in [-0.39, 0.29) is 6.61 Å². The van der Waals surface area contributed by atoms with Crippen LogP contribution in [0.4, 0.5) is 0 Å². The Labute approximate surface area is 144 Å². The van der Waals surface area contributed by atoms with Crippen molar-refractivity contribution < 1.29 is 5.11 Å². The van der Waals surface area contributed by atoms with Crippen molar-refractivity contribution in [1.82, 2.24) is 9.80 Å². The molecule has 3 nitrogen and oxygen atoms in total. The maximum atomic E-state index is 8.85. The van der Waals surface area contributed by atoms with Gasteiger partial charge in [0.2, 0.25) is 0 Å². The largest absolute Gasteiger partial charge is 0.392 e. The Balaban J connectivity index is 1.73. The molecule has 0 saturated carbocycles. The van der Waals surface area contributed by atoms with Crippen molar-refractivity contribution in [1.29, 1.82) is 0 Å². The summed E-state index contributed by atoms with van der Waals surface area (Å²) in [6.45, 7) is 5.29. The molecule has 0 amide bonds. The van der Waals surface area contributed by atoms with Crippen LogP contribution in [0.1, 0.15) is 17.2 Å². The van der Waals surface area contributed by atoms with Gasteiger partial charge in [-0.2, -0.15) is 0 Å². The highest BCUT2D eigenvalue weighted by molar-refractivity contribution is 5.31. The lowest BCUT2D eigenvalue weighted by atomic mass is 9.96. The third-order valence-electron chi connectivity index (χ3n) is 4.64. The van der Waals surface area contributed by atoms with E-state index in [2.05, 4.69) is 76.5 Å². The summed E-state index contributed by atoms with van der Waals surface area (Å²) in [5.41, 5.74) is 2.72. The van der Waals surface area contributed by atoms with Gasteiger partial charge in [-0.15, -0.1) is 0 Å². The highest BCUT2D eigenvalue weighted by atomic mass is 16.2. The van der Waals surface area contributed by atoms with Crippen LogP contribution in [0.2, 0.25) is 0 Å². The van der Waals surface area contributed by atoms with Gasteiger partial charge in [-0.1, -0.05) is 72.8 Å². The Kier molecular flexibility index (Phi) is 6.19. The number of aliphatic hydroxyl groups is 1. The van der Waals surface area contributed by atoms with Crippen molar-refractivity contribution in [2.45, 2.75) is 6.04 Å². The fraction of sp³-hybridized carbons (Fsp3) is 0.333. The Hall–Kier alpha value is -1.94. The quantitative estimate of drug-likeness (QED) is 0.829. The molecule has 3 rings (SSSR count). The number of nitrogens with zero attached hydrogens (tertiary/aromatic N) is 2. The molecule has 0 unspecified atom stereocenters. The van der Waals surface area contributed by atoms with E-state index in [9.17, 15) is 0 Å². The van der Waals surface area contributed by atoms with E-state index in [1.807, 2.05) is 6.08 Å². The van der Waals surface area contributed by atoms with Crippen LogP contribution >= 0.6 is 0 Å². The molecule has 1 heterocycles. The van der Waals surface area contributed by atoms with Crippen molar-refractivity contribution in [3.05, 3.63) is 83.9 Å². The zero-order chi connectivity index (χ0) is 16.6. The van der Waals surface area contributed by atoms with Gasteiger partial charge in [0.15, 0.2) is 0 Å². The van der Waals surface area contributed by atoms with Gasteiger partial charge in [-0.3, -0.25) is 9.80 Å². The lowest BCUT2D eigenvalue weighted by Gasteiger charge is -2.39. The van der Waals surface area contributed by atoms with Crippen LogP contribution < -0.4 is 0 Å². The van der Waals surface area contributed by atoms with Gasteiger partial charge in [0.05, 0.1) is 12.6 Å². The first-order chi connectivity index (χ1) is 11.9. The first-order valence-electron chi connectivity index (χ1n) is 8.70. The molecule has 1 aliphatic heterocycles. The number of rotatable bonds is 6. The van der Waals surface area contributed by atoms with Crippen molar-refractivity contribution in [2.75, 3.05) is 39.3 Å². The van der Waals surface area contributed by atoms with Crippen molar-refractivity contribution >= 4 is 0 Å². The van der Waals surface area contributed by atoms with E-state index in [1.165, 1.54) is 11.1 Å². The predicted octanol–water partition coefficient (Wildman–Crippen LogP) is 2.94. The zero-order valence-electron chi connectivity index (χ0n) is 14.1. The van der Waals surface area contributed by atoms with Crippen LogP contribution in [0.25, 0.3) is 0 Å². The van der Waals surface area contributed by atoms with Crippen LogP contribution in [-0.4, -0.2) is 54.2 Å². The first kappa shape index (κ1) is 16.9. The second-order valence-corrected chi connectivity index (χ2v) is 6.21. The first-order valence-corrected chi connectivity index (χ1v) is 8.70. The minimum atomic E-state index is 0.129. The molecule has 0 spiro atoms. The summed E-state index contributed by atoms with van der Waals surface area (Å²) in [5, 5.41) is 8.85. The van der Waals surface area contributed by atoms with E-state index < -0.39 is 0 Å². The Morgan fingerprint density at radius 3 is 1.83 bits per heavy atom. The van der Waals surface area contributed by atoms with Crippen LogP contribution in [0.5, 0.6) is 0 Å². The molecule has 0 aromatic heterocycles. The topological polar surface area (TPSA) is 26.7 Å². The fourth-order valence-corrected chi connectivity index (χ4v) is 3.39. The monoisotopic (exact) mass is 322 g/mol.